The number of aromatic nitrogens is 1. The Hall–Kier alpha value is -1.99. The maximum absolute atomic E-state index is 13.9. The molecule has 5 nitrogen and oxygen atoms in total. The Morgan fingerprint density at radius 2 is 2.09 bits per heavy atom. The van der Waals surface area contributed by atoms with Crippen molar-refractivity contribution >= 4 is 15.8 Å². The number of nitrogens with zero attached hydrogens (tertiary/aromatic N) is 2. The Labute approximate surface area is 135 Å². The molecule has 0 amide bonds. The average Bonchev–Trinajstić information content (AvgIpc) is 2.95. The molecule has 1 fully saturated rings. The summed E-state index contributed by atoms with van der Waals surface area (Å²) in [6.07, 6.45) is 2.36. The van der Waals surface area contributed by atoms with Gasteiger partial charge in [0.25, 0.3) is 0 Å². The summed E-state index contributed by atoms with van der Waals surface area (Å²) in [5, 5.41) is 0. The number of anilines is 1. The molecular formula is C16H18FN3O2S. The number of rotatable bonds is 4. The van der Waals surface area contributed by atoms with Crippen LogP contribution in [0.5, 0.6) is 0 Å². The van der Waals surface area contributed by atoms with E-state index in [1.54, 1.807) is 19.2 Å². The Morgan fingerprint density at radius 1 is 1.26 bits per heavy atom. The summed E-state index contributed by atoms with van der Waals surface area (Å²) in [6.45, 7) is 2.82. The minimum Gasteiger partial charge on any atom is -0.355 e. The van der Waals surface area contributed by atoms with E-state index in [0.717, 1.165) is 11.9 Å². The van der Waals surface area contributed by atoms with Crippen molar-refractivity contribution in [3.63, 3.8) is 0 Å². The van der Waals surface area contributed by atoms with E-state index in [0.29, 0.717) is 25.1 Å². The van der Waals surface area contributed by atoms with Gasteiger partial charge in [-0.2, -0.15) is 0 Å². The summed E-state index contributed by atoms with van der Waals surface area (Å²) in [6, 6.07) is 9.60. The molecule has 0 saturated carbocycles. The minimum absolute atomic E-state index is 0.263. The van der Waals surface area contributed by atoms with Crippen LogP contribution in [0.1, 0.15) is 12.0 Å². The lowest BCUT2D eigenvalue weighted by molar-refractivity contribution is 0.541. The number of pyridine rings is 1. The number of halogens is 1. The van der Waals surface area contributed by atoms with Crippen LogP contribution in [0.3, 0.4) is 0 Å². The topological polar surface area (TPSA) is 62.3 Å². The van der Waals surface area contributed by atoms with Gasteiger partial charge in [0.05, 0.1) is 0 Å². The number of aryl methyl sites for hydroxylation is 1. The lowest BCUT2D eigenvalue weighted by Crippen LogP contribution is -2.37. The van der Waals surface area contributed by atoms with Gasteiger partial charge < -0.3 is 4.90 Å². The first kappa shape index (κ1) is 15.9. The molecule has 122 valence electrons. The number of sulfonamides is 1. The molecule has 1 N–H and O–H groups in total. The molecular weight excluding hydrogens is 317 g/mol. The van der Waals surface area contributed by atoms with Gasteiger partial charge in [-0.25, -0.2) is 22.5 Å². The van der Waals surface area contributed by atoms with Crippen molar-refractivity contribution < 1.29 is 12.8 Å². The summed E-state index contributed by atoms with van der Waals surface area (Å²) >= 11 is 0. The van der Waals surface area contributed by atoms with Crippen molar-refractivity contribution in [1.29, 1.82) is 0 Å². The highest BCUT2D eigenvalue weighted by atomic mass is 32.2. The highest BCUT2D eigenvalue weighted by Gasteiger charge is 2.30. The third-order valence-electron chi connectivity index (χ3n) is 3.92. The van der Waals surface area contributed by atoms with Gasteiger partial charge in [-0.15, -0.1) is 0 Å². The molecule has 0 aliphatic carbocycles. The van der Waals surface area contributed by atoms with E-state index in [9.17, 15) is 12.8 Å². The second-order valence-corrected chi connectivity index (χ2v) is 7.28. The third-order valence-corrected chi connectivity index (χ3v) is 5.61. The van der Waals surface area contributed by atoms with E-state index in [1.807, 2.05) is 23.1 Å². The van der Waals surface area contributed by atoms with Crippen LogP contribution in [-0.4, -0.2) is 32.5 Å². The van der Waals surface area contributed by atoms with Crippen LogP contribution >= 0.6 is 0 Å². The predicted octanol–water partition coefficient (Wildman–Crippen LogP) is 2.09. The Bertz CT molecular complexity index is 776. The smallest absolute Gasteiger partial charge is 0.244 e. The Kier molecular flexibility index (Phi) is 4.32. The highest BCUT2D eigenvalue weighted by Crippen LogP contribution is 2.22. The molecule has 3 rings (SSSR count). The largest absolute Gasteiger partial charge is 0.355 e. The molecule has 1 aromatic carbocycles. The normalized spacial score (nSPS) is 18.3. The van der Waals surface area contributed by atoms with Crippen molar-refractivity contribution in [2.75, 3.05) is 18.0 Å². The van der Waals surface area contributed by atoms with Crippen molar-refractivity contribution in [2.24, 2.45) is 0 Å². The number of hydrogen-bond donors (Lipinski definition) is 1. The van der Waals surface area contributed by atoms with Gasteiger partial charge in [0.2, 0.25) is 10.0 Å². The van der Waals surface area contributed by atoms with Crippen LogP contribution in [0.25, 0.3) is 0 Å². The molecule has 0 spiro atoms. The van der Waals surface area contributed by atoms with E-state index in [1.165, 1.54) is 6.07 Å². The van der Waals surface area contributed by atoms with Crippen LogP contribution < -0.4 is 9.62 Å². The van der Waals surface area contributed by atoms with Crippen molar-refractivity contribution in [3.8, 4) is 0 Å². The maximum atomic E-state index is 13.9. The summed E-state index contributed by atoms with van der Waals surface area (Å²) in [7, 11) is -3.88. The van der Waals surface area contributed by atoms with Gasteiger partial charge in [-0.1, -0.05) is 18.2 Å². The van der Waals surface area contributed by atoms with E-state index in [4.69, 9.17) is 0 Å². The highest BCUT2D eigenvalue weighted by molar-refractivity contribution is 7.89. The van der Waals surface area contributed by atoms with Gasteiger partial charge in [-0.05, 0) is 37.1 Å². The Morgan fingerprint density at radius 3 is 2.78 bits per heavy atom. The lowest BCUT2D eigenvalue weighted by Gasteiger charge is -2.18. The summed E-state index contributed by atoms with van der Waals surface area (Å²) in [5.41, 5.74) is 0.400. The number of nitrogens with one attached hydrogen (secondary N) is 1. The molecule has 1 aliphatic heterocycles. The van der Waals surface area contributed by atoms with E-state index < -0.39 is 15.8 Å². The van der Waals surface area contributed by atoms with Gasteiger partial charge in [0.15, 0.2) is 0 Å². The molecule has 0 bridgehead atoms. The molecule has 2 heterocycles. The SMILES string of the molecule is Cc1cccc(F)c1S(=O)(=O)N[C@@H]1CCN(c2ccccn2)C1. The molecule has 23 heavy (non-hydrogen) atoms. The fourth-order valence-corrected chi connectivity index (χ4v) is 4.41. The van der Waals surface area contributed by atoms with Crippen molar-refractivity contribution in [3.05, 3.63) is 54.0 Å². The second-order valence-electron chi connectivity index (χ2n) is 5.63. The standard InChI is InChI=1S/C16H18FN3O2S/c1-12-5-4-6-14(17)16(12)23(21,22)19-13-8-10-20(11-13)15-7-2-3-9-18-15/h2-7,9,13,19H,8,10-11H2,1H3/t13-/m1/s1. The van der Waals surface area contributed by atoms with Crippen LogP contribution in [0.4, 0.5) is 10.2 Å². The van der Waals surface area contributed by atoms with Crippen LogP contribution in [-0.2, 0) is 10.0 Å². The molecule has 0 radical (unpaired) electrons. The first-order chi connectivity index (χ1) is 11.0. The molecule has 2 aromatic rings. The summed E-state index contributed by atoms with van der Waals surface area (Å²) < 4.78 is 41.5. The van der Waals surface area contributed by atoms with Crippen molar-refractivity contribution in [1.82, 2.24) is 9.71 Å². The molecule has 1 atom stereocenters. The van der Waals surface area contributed by atoms with Crippen LogP contribution in [0, 0.1) is 12.7 Å². The van der Waals surface area contributed by atoms with E-state index in [-0.39, 0.29) is 10.9 Å². The average molecular weight is 335 g/mol. The van der Waals surface area contributed by atoms with Gasteiger partial charge in [-0.3, -0.25) is 0 Å². The molecule has 0 unspecified atom stereocenters. The maximum Gasteiger partial charge on any atom is 0.244 e. The monoisotopic (exact) mass is 335 g/mol. The molecule has 1 aromatic heterocycles. The molecule has 1 saturated heterocycles. The van der Waals surface area contributed by atoms with Gasteiger partial charge >= 0.3 is 0 Å². The predicted molar refractivity (Wildman–Crippen MR) is 86.3 cm³/mol. The Balaban J connectivity index is 1.75. The zero-order valence-corrected chi connectivity index (χ0v) is 13.6. The third kappa shape index (κ3) is 3.35. The summed E-state index contributed by atoms with van der Waals surface area (Å²) in [4.78, 5) is 6.01. The number of benzene rings is 1. The first-order valence-corrected chi connectivity index (χ1v) is 8.89. The fraction of sp³-hybridized carbons (Fsp3) is 0.312. The zero-order valence-electron chi connectivity index (χ0n) is 12.7. The molecule has 1 aliphatic rings. The molecule has 7 heteroatoms. The van der Waals surface area contributed by atoms with Gasteiger partial charge in [0.1, 0.15) is 16.5 Å². The lowest BCUT2D eigenvalue weighted by atomic mass is 10.2. The van der Waals surface area contributed by atoms with E-state index >= 15 is 0 Å². The zero-order chi connectivity index (χ0) is 16.4. The quantitative estimate of drug-likeness (QED) is 0.929. The fourth-order valence-electron chi connectivity index (χ4n) is 2.84. The van der Waals surface area contributed by atoms with Crippen LogP contribution in [0.2, 0.25) is 0 Å². The minimum atomic E-state index is -3.88. The second kappa shape index (κ2) is 6.25. The number of hydrogen-bond acceptors (Lipinski definition) is 4. The summed E-state index contributed by atoms with van der Waals surface area (Å²) in [5.74, 6) is 0.0911. The van der Waals surface area contributed by atoms with E-state index in [2.05, 4.69) is 9.71 Å². The van der Waals surface area contributed by atoms with Crippen molar-refractivity contribution in [2.45, 2.75) is 24.3 Å². The first-order valence-electron chi connectivity index (χ1n) is 7.41. The van der Waals surface area contributed by atoms with Crippen LogP contribution in [0.15, 0.2) is 47.5 Å². The van der Waals surface area contributed by atoms with Gasteiger partial charge in [0, 0.05) is 25.3 Å².